The monoisotopic (exact) mass is 929 g/mol. The standard InChI is InChI=1S/C33H64N2O.C22H44N2O2.C4H8/c1-3-4-5-6-7-12-17-22-33(36)32-29-31(32)21-16-11-9-14-19-27-35(28-25-34-2)26-18-13-8-10-15-20-30-23-24-30;1-3-5-7-8-10-13-18-24(19-14-11-9-12-15-21-25)20-17-23-22(26)16-6-4-2;1-2-4-3-1/h30-32,34H,3-29H2,1-2H3;4,25H,2-3,5-21H2,1H3,(H,23,26);1-4H2. The first-order valence-corrected chi connectivity index (χ1v) is 29.6. The highest BCUT2D eigenvalue weighted by Gasteiger charge is 2.41. The lowest BCUT2D eigenvalue weighted by Crippen LogP contribution is -2.36. The van der Waals surface area contributed by atoms with Crippen molar-refractivity contribution in [3.05, 3.63) is 12.7 Å². The molecular weight excluding hydrogens is 813 g/mol. The van der Waals surface area contributed by atoms with Gasteiger partial charge in [0.15, 0.2) is 0 Å². The highest BCUT2D eigenvalue weighted by atomic mass is 16.3. The molecule has 7 nitrogen and oxygen atoms in total. The first kappa shape index (κ1) is 62.7. The van der Waals surface area contributed by atoms with Crippen LogP contribution in [-0.2, 0) is 9.59 Å². The quantitative estimate of drug-likeness (QED) is 0.0416. The molecule has 0 aromatic heterocycles. The Balaban J connectivity index is 0.000000635. The molecule has 0 aromatic rings. The van der Waals surface area contributed by atoms with E-state index in [4.69, 9.17) is 5.11 Å². The summed E-state index contributed by atoms with van der Waals surface area (Å²) < 4.78 is 0. The number of aliphatic hydroxyl groups excluding tert-OH is 1. The second kappa shape index (κ2) is 48.7. The summed E-state index contributed by atoms with van der Waals surface area (Å²) in [6.45, 7) is 17.3. The van der Waals surface area contributed by atoms with E-state index < -0.39 is 0 Å². The van der Waals surface area contributed by atoms with E-state index in [9.17, 15) is 9.59 Å². The van der Waals surface area contributed by atoms with Crippen LogP contribution in [0.3, 0.4) is 0 Å². The van der Waals surface area contributed by atoms with Gasteiger partial charge < -0.3 is 25.5 Å². The number of ketones is 1. The van der Waals surface area contributed by atoms with Gasteiger partial charge in [0.05, 0.1) is 0 Å². The van der Waals surface area contributed by atoms with Crippen LogP contribution in [0, 0.1) is 17.8 Å². The first-order valence-electron chi connectivity index (χ1n) is 29.6. The fourth-order valence-electron chi connectivity index (χ4n) is 9.34. The van der Waals surface area contributed by atoms with Crippen molar-refractivity contribution < 1.29 is 14.7 Å². The number of nitrogens with zero attached hydrogens (tertiary/aromatic N) is 2. The van der Waals surface area contributed by atoms with Gasteiger partial charge in [-0.3, -0.25) is 9.59 Å². The minimum Gasteiger partial charge on any atom is -0.396 e. The average molecular weight is 930 g/mol. The summed E-state index contributed by atoms with van der Waals surface area (Å²) in [5.74, 6) is 3.03. The summed E-state index contributed by atoms with van der Waals surface area (Å²) >= 11 is 0. The number of allylic oxidation sites excluding steroid dienone is 1. The second-order valence-electron chi connectivity index (χ2n) is 21.1. The molecule has 3 aliphatic carbocycles. The Bertz CT molecular complexity index is 1030. The van der Waals surface area contributed by atoms with Gasteiger partial charge in [0.2, 0.25) is 5.91 Å². The maximum absolute atomic E-state index is 12.4. The first-order chi connectivity index (χ1) is 32.5. The minimum atomic E-state index is 0.133. The van der Waals surface area contributed by atoms with Gasteiger partial charge in [-0.15, -0.1) is 6.58 Å². The van der Waals surface area contributed by atoms with Crippen molar-refractivity contribution in [1.82, 2.24) is 20.4 Å². The molecule has 0 bridgehead atoms. The van der Waals surface area contributed by atoms with Gasteiger partial charge in [0.1, 0.15) is 5.78 Å². The highest BCUT2D eigenvalue weighted by molar-refractivity contribution is 5.83. The minimum absolute atomic E-state index is 0.133. The van der Waals surface area contributed by atoms with Crippen LogP contribution in [-0.4, -0.2) is 92.6 Å². The van der Waals surface area contributed by atoms with Crippen LogP contribution < -0.4 is 10.6 Å². The molecule has 2 unspecified atom stereocenters. The predicted molar refractivity (Wildman–Crippen MR) is 289 cm³/mol. The van der Waals surface area contributed by atoms with Crippen LogP contribution in [0.2, 0.25) is 0 Å². The van der Waals surface area contributed by atoms with Crippen molar-refractivity contribution in [2.24, 2.45) is 17.8 Å². The number of nitrogens with one attached hydrogen (secondary N) is 2. The molecule has 0 spiro atoms. The van der Waals surface area contributed by atoms with E-state index in [1.807, 2.05) is 0 Å². The number of aliphatic hydroxyl groups is 1. The molecule has 3 saturated carbocycles. The number of likely N-dealkylation sites (N-methyl/N-ethyl adjacent to an activating group) is 1. The third-order valence-electron chi connectivity index (χ3n) is 14.7. The molecule has 3 fully saturated rings. The molecule has 1 amide bonds. The topological polar surface area (TPSA) is 84.9 Å². The van der Waals surface area contributed by atoms with Gasteiger partial charge in [-0.2, -0.15) is 0 Å². The fraction of sp³-hybridized carbons (Fsp3) is 0.932. The fourth-order valence-corrected chi connectivity index (χ4v) is 9.34. The molecule has 390 valence electrons. The van der Waals surface area contributed by atoms with E-state index in [2.05, 4.69) is 47.9 Å². The zero-order valence-corrected chi connectivity index (χ0v) is 44.8. The summed E-state index contributed by atoms with van der Waals surface area (Å²) in [7, 11) is 2.08. The van der Waals surface area contributed by atoms with Crippen molar-refractivity contribution in [3.63, 3.8) is 0 Å². The van der Waals surface area contributed by atoms with E-state index in [1.165, 1.54) is 238 Å². The number of Topliss-reactive ketones (excluding diaryl/α,β-unsaturated/α-hetero) is 1. The Morgan fingerprint density at radius 3 is 1.44 bits per heavy atom. The Morgan fingerprint density at radius 2 is 0.985 bits per heavy atom. The Morgan fingerprint density at radius 1 is 0.545 bits per heavy atom. The van der Waals surface area contributed by atoms with Gasteiger partial charge in [-0.25, -0.2) is 0 Å². The lowest BCUT2D eigenvalue weighted by molar-refractivity contribution is -0.121. The van der Waals surface area contributed by atoms with E-state index in [1.54, 1.807) is 6.08 Å². The van der Waals surface area contributed by atoms with Crippen molar-refractivity contribution in [2.45, 2.75) is 271 Å². The molecule has 2 atom stereocenters. The molecular formula is C59H116N4O3. The summed E-state index contributed by atoms with van der Waals surface area (Å²) in [5, 5.41) is 15.2. The number of hydrogen-bond donors (Lipinski definition) is 3. The number of unbranched alkanes of at least 4 members (excludes halogenated alkanes) is 23. The van der Waals surface area contributed by atoms with Crippen molar-refractivity contribution >= 4 is 11.7 Å². The molecule has 0 radical (unpaired) electrons. The SMILES string of the molecule is C1CCC1.C=CCCC(=O)NCCN(CCCCCCCC)CCCCCCCO.CCCCCCCCCC(=O)C1CC1CCCCCCCN(CCCCCCCC1CC1)CCNC. The lowest BCUT2D eigenvalue weighted by atomic mass is 10.0. The molecule has 0 aromatic carbocycles. The summed E-state index contributed by atoms with van der Waals surface area (Å²) in [6.07, 6.45) is 53.8. The lowest BCUT2D eigenvalue weighted by Gasteiger charge is -2.22. The highest BCUT2D eigenvalue weighted by Crippen LogP contribution is 2.44. The van der Waals surface area contributed by atoms with E-state index in [-0.39, 0.29) is 5.91 Å². The van der Waals surface area contributed by atoms with Gasteiger partial charge in [0.25, 0.3) is 0 Å². The summed E-state index contributed by atoms with van der Waals surface area (Å²) in [4.78, 5) is 29.3. The van der Waals surface area contributed by atoms with E-state index >= 15 is 0 Å². The predicted octanol–water partition coefficient (Wildman–Crippen LogP) is 15.2. The molecule has 7 heteroatoms. The van der Waals surface area contributed by atoms with Crippen LogP contribution in [0.5, 0.6) is 0 Å². The van der Waals surface area contributed by atoms with Crippen LogP contribution >= 0.6 is 0 Å². The maximum atomic E-state index is 12.4. The second-order valence-corrected chi connectivity index (χ2v) is 21.1. The maximum Gasteiger partial charge on any atom is 0.220 e. The van der Waals surface area contributed by atoms with Gasteiger partial charge >= 0.3 is 0 Å². The van der Waals surface area contributed by atoms with Crippen molar-refractivity contribution in [1.29, 1.82) is 0 Å². The van der Waals surface area contributed by atoms with Crippen LogP contribution in [0.1, 0.15) is 271 Å². The number of hydrogen-bond acceptors (Lipinski definition) is 6. The molecule has 0 saturated heterocycles. The Kier molecular flexibility index (Phi) is 46.3. The zero-order valence-electron chi connectivity index (χ0n) is 44.8. The normalized spacial score (nSPS) is 16.3. The number of carbonyl (C=O) groups excluding carboxylic acids is 2. The van der Waals surface area contributed by atoms with E-state index in [0.29, 0.717) is 24.7 Å². The number of carbonyl (C=O) groups is 2. The van der Waals surface area contributed by atoms with Gasteiger partial charge in [0, 0.05) is 51.5 Å². The largest absolute Gasteiger partial charge is 0.396 e. The number of amides is 1. The van der Waals surface area contributed by atoms with Crippen molar-refractivity contribution in [2.75, 3.05) is 66.0 Å². The smallest absolute Gasteiger partial charge is 0.220 e. The molecule has 0 aliphatic heterocycles. The van der Waals surface area contributed by atoms with Crippen LogP contribution in [0.15, 0.2) is 12.7 Å². The third-order valence-corrected chi connectivity index (χ3v) is 14.7. The van der Waals surface area contributed by atoms with E-state index in [0.717, 1.165) is 76.7 Å². The number of rotatable bonds is 48. The molecule has 3 aliphatic rings. The molecule has 66 heavy (non-hydrogen) atoms. The summed E-state index contributed by atoms with van der Waals surface area (Å²) in [5.41, 5.74) is 0. The average Bonchev–Trinajstić information content (AvgIpc) is 4.25. The molecule has 3 rings (SSSR count). The van der Waals surface area contributed by atoms with Crippen LogP contribution in [0.25, 0.3) is 0 Å². The third kappa shape index (κ3) is 42.8. The molecule has 0 heterocycles. The Hall–Kier alpha value is -1.28. The van der Waals surface area contributed by atoms with Gasteiger partial charge in [-0.1, -0.05) is 206 Å². The van der Waals surface area contributed by atoms with Crippen LogP contribution in [0.4, 0.5) is 0 Å². The van der Waals surface area contributed by atoms with Crippen molar-refractivity contribution in [3.8, 4) is 0 Å². The zero-order chi connectivity index (χ0) is 47.8. The molecule has 3 N–H and O–H groups in total. The Labute approximate surface area is 412 Å². The van der Waals surface area contributed by atoms with Gasteiger partial charge in [-0.05, 0) is 103 Å². The summed E-state index contributed by atoms with van der Waals surface area (Å²) in [6, 6.07) is 0.